The Morgan fingerprint density at radius 3 is 2.83 bits per heavy atom. The van der Waals surface area contributed by atoms with Crippen molar-refractivity contribution >= 4 is 22.9 Å². The van der Waals surface area contributed by atoms with Crippen LogP contribution in [0.1, 0.15) is 21.0 Å². The summed E-state index contributed by atoms with van der Waals surface area (Å²) in [5.74, 6) is -0.0906. The van der Waals surface area contributed by atoms with E-state index in [-0.39, 0.29) is 5.91 Å². The summed E-state index contributed by atoms with van der Waals surface area (Å²) < 4.78 is 4.97. The summed E-state index contributed by atoms with van der Waals surface area (Å²) in [6.07, 6.45) is 0.315. The molecule has 1 aromatic heterocycles. The van der Waals surface area contributed by atoms with Crippen molar-refractivity contribution in [1.29, 1.82) is 5.26 Å². The fourth-order valence-electron chi connectivity index (χ4n) is 1.46. The first-order chi connectivity index (χ1) is 8.60. The van der Waals surface area contributed by atoms with Crippen LogP contribution in [-0.2, 0) is 4.74 Å². The first kappa shape index (κ1) is 14.5. The van der Waals surface area contributed by atoms with Gasteiger partial charge in [0.05, 0.1) is 24.0 Å². The summed E-state index contributed by atoms with van der Waals surface area (Å²) in [7, 11) is 1.58. The van der Waals surface area contributed by atoms with Gasteiger partial charge in [0, 0.05) is 30.8 Å². The molecule has 0 aliphatic carbocycles. The number of ether oxygens (including phenoxy) is 1. The quantitative estimate of drug-likeness (QED) is 0.849. The molecule has 0 spiro atoms. The molecule has 1 heterocycles. The lowest BCUT2D eigenvalue weighted by Gasteiger charge is -2.20. The number of methoxy groups -OCH3 is 1. The van der Waals surface area contributed by atoms with Gasteiger partial charge in [-0.05, 0) is 13.0 Å². The molecule has 5 nitrogen and oxygen atoms in total. The third kappa shape index (κ3) is 3.72. The predicted molar refractivity (Wildman–Crippen MR) is 71.5 cm³/mol. The van der Waals surface area contributed by atoms with Crippen LogP contribution in [0.25, 0.3) is 0 Å². The van der Waals surface area contributed by atoms with E-state index >= 15 is 0 Å². The third-order valence-corrected chi connectivity index (χ3v) is 3.57. The number of thiophene rings is 1. The van der Waals surface area contributed by atoms with Crippen molar-refractivity contribution in [3.63, 3.8) is 0 Å². The highest BCUT2D eigenvalue weighted by atomic mass is 32.1. The number of anilines is 1. The van der Waals surface area contributed by atoms with Gasteiger partial charge in [-0.2, -0.15) is 5.26 Å². The van der Waals surface area contributed by atoms with Crippen LogP contribution >= 0.6 is 11.3 Å². The van der Waals surface area contributed by atoms with Gasteiger partial charge in [0.1, 0.15) is 0 Å². The number of aryl methyl sites for hydroxylation is 1. The molecule has 0 unspecified atom stereocenters. The second-order valence-electron chi connectivity index (χ2n) is 3.82. The topological polar surface area (TPSA) is 79.3 Å². The van der Waals surface area contributed by atoms with Crippen LogP contribution in [0, 0.1) is 18.3 Å². The molecular weight excluding hydrogens is 250 g/mol. The van der Waals surface area contributed by atoms with E-state index in [4.69, 9.17) is 15.7 Å². The van der Waals surface area contributed by atoms with Gasteiger partial charge in [0.2, 0.25) is 0 Å². The van der Waals surface area contributed by atoms with Gasteiger partial charge < -0.3 is 15.4 Å². The lowest BCUT2D eigenvalue weighted by molar-refractivity contribution is 0.0704. The molecule has 2 N–H and O–H groups in total. The van der Waals surface area contributed by atoms with E-state index in [2.05, 4.69) is 0 Å². The molecule has 0 saturated heterocycles. The van der Waals surface area contributed by atoms with Crippen LogP contribution < -0.4 is 5.73 Å². The average molecular weight is 267 g/mol. The minimum absolute atomic E-state index is 0.0906. The van der Waals surface area contributed by atoms with Crippen LogP contribution in [0.3, 0.4) is 0 Å². The Balaban J connectivity index is 2.77. The molecule has 0 fully saturated rings. The minimum Gasteiger partial charge on any atom is -0.398 e. The minimum atomic E-state index is -0.0906. The van der Waals surface area contributed by atoms with Gasteiger partial charge >= 0.3 is 0 Å². The second kappa shape index (κ2) is 6.99. The van der Waals surface area contributed by atoms with Crippen LogP contribution in [-0.4, -0.2) is 37.6 Å². The number of amides is 1. The molecule has 1 aromatic rings. The Labute approximate surface area is 111 Å². The zero-order chi connectivity index (χ0) is 13.5. The maximum absolute atomic E-state index is 12.2. The standard InChI is InChI=1S/C12H17N3O2S/c1-9-10(14)8-11(18-9)12(16)15(5-3-4-13)6-7-17-2/h8H,3,5-7,14H2,1-2H3. The highest BCUT2D eigenvalue weighted by molar-refractivity contribution is 7.14. The molecule has 0 atom stereocenters. The van der Waals surface area contributed by atoms with Gasteiger partial charge in [-0.25, -0.2) is 0 Å². The van der Waals surface area contributed by atoms with Gasteiger partial charge in [-0.1, -0.05) is 0 Å². The molecule has 0 aliphatic heterocycles. The van der Waals surface area contributed by atoms with Gasteiger partial charge in [0.15, 0.2) is 0 Å². The van der Waals surface area contributed by atoms with E-state index in [1.54, 1.807) is 18.1 Å². The Bertz CT molecular complexity index is 431. The lowest BCUT2D eigenvalue weighted by atomic mass is 10.3. The van der Waals surface area contributed by atoms with Crippen molar-refractivity contribution in [3.05, 3.63) is 15.8 Å². The molecule has 0 radical (unpaired) electrons. The van der Waals surface area contributed by atoms with Gasteiger partial charge in [-0.15, -0.1) is 11.3 Å². The molecule has 1 amide bonds. The molecule has 18 heavy (non-hydrogen) atoms. The molecule has 1 rings (SSSR count). The van der Waals surface area contributed by atoms with E-state index in [1.165, 1.54) is 11.3 Å². The Hall–Kier alpha value is -1.58. The number of hydrogen-bond acceptors (Lipinski definition) is 5. The van der Waals surface area contributed by atoms with Crippen LogP contribution in [0.2, 0.25) is 0 Å². The number of nitrogens with zero attached hydrogens (tertiary/aromatic N) is 2. The molecule has 0 saturated carbocycles. The van der Waals surface area contributed by atoms with E-state index in [9.17, 15) is 4.79 Å². The van der Waals surface area contributed by atoms with Crippen molar-refractivity contribution in [1.82, 2.24) is 4.90 Å². The van der Waals surface area contributed by atoms with Gasteiger partial charge in [-0.3, -0.25) is 4.79 Å². The summed E-state index contributed by atoms with van der Waals surface area (Å²) in [6.45, 7) is 3.23. The fraction of sp³-hybridized carbons (Fsp3) is 0.500. The molecule has 0 aliphatic rings. The second-order valence-corrected chi connectivity index (χ2v) is 5.07. The van der Waals surface area contributed by atoms with E-state index in [0.29, 0.717) is 36.7 Å². The number of carbonyl (C=O) groups is 1. The predicted octanol–water partition coefficient (Wildman–Crippen LogP) is 1.64. The van der Waals surface area contributed by atoms with Crippen molar-refractivity contribution in [2.45, 2.75) is 13.3 Å². The lowest BCUT2D eigenvalue weighted by Crippen LogP contribution is -2.34. The SMILES string of the molecule is COCCN(CCC#N)C(=O)c1cc(N)c(C)s1. The van der Waals surface area contributed by atoms with Gasteiger partial charge in [0.25, 0.3) is 5.91 Å². The summed E-state index contributed by atoms with van der Waals surface area (Å²) in [5.41, 5.74) is 6.38. The number of carbonyl (C=O) groups excluding carboxylic acids is 1. The Morgan fingerprint density at radius 1 is 1.61 bits per heavy atom. The smallest absolute Gasteiger partial charge is 0.264 e. The van der Waals surface area contributed by atoms with E-state index in [1.807, 2.05) is 13.0 Å². The van der Waals surface area contributed by atoms with E-state index < -0.39 is 0 Å². The zero-order valence-electron chi connectivity index (χ0n) is 10.6. The van der Waals surface area contributed by atoms with Crippen LogP contribution in [0.4, 0.5) is 5.69 Å². The number of nitriles is 1. The monoisotopic (exact) mass is 267 g/mol. The molecular formula is C12H17N3O2S. The van der Waals surface area contributed by atoms with Crippen molar-refractivity contribution < 1.29 is 9.53 Å². The highest BCUT2D eigenvalue weighted by Crippen LogP contribution is 2.24. The van der Waals surface area contributed by atoms with Crippen molar-refractivity contribution in [2.75, 3.05) is 32.5 Å². The zero-order valence-corrected chi connectivity index (χ0v) is 11.4. The molecule has 0 aromatic carbocycles. The first-order valence-corrected chi connectivity index (χ1v) is 6.43. The van der Waals surface area contributed by atoms with Crippen molar-refractivity contribution in [3.8, 4) is 6.07 Å². The number of rotatable bonds is 6. The molecule has 98 valence electrons. The Kier molecular flexibility index (Phi) is 5.62. The normalized spacial score (nSPS) is 10.1. The largest absolute Gasteiger partial charge is 0.398 e. The summed E-state index contributed by atoms with van der Waals surface area (Å²) in [4.78, 5) is 15.4. The number of nitrogen functional groups attached to an aromatic ring is 1. The third-order valence-electron chi connectivity index (χ3n) is 2.51. The molecule has 0 bridgehead atoms. The number of hydrogen-bond donors (Lipinski definition) is 1. The Morgan fingerprint density at radius 2 is 2.33 bits per heavy atom. The maximum atomic E-state index is 12.2. The average Bonchev–Trinajstić information content (AvgIpc) is 2.69. The van der Waals surface area contributed by atoms with Crippen molar-refractivity contribution in [2.24, 2.45) is 0 Å². The first-order valence-electron chi connectivity index (χ1n) is 5.61. The number of nitrogens with two attached hydrogens (primary N) is 1. The fourth-order valence-corrected chi connectivity index (χ4v) is 2.37. The van der Waals surface area contributed by atoms with Crippen LogP contribution in [0.5, 0.6) is 0 Å². The highest BCUT2D eigenvalue weighted by Gasteiger charge is 2.18. The van der Waals surface area contributed by atoms with Crippen LogP contribution in [0.15, 0.2) is 6.07 Å². The summed E-state index contributed by atoms with van der Waals surface area (Å²) >= 11 is 1.38. The molecule has 6 heteroatoms. The summed E-state index contributed by atoms with van der Waals surface area (Å²) in [5, 5.41) is 8.60. The maximum Gasteiger partial charge on any atom is 0.264 e. The summed E-state index contributed by atoms with van der Waals surface area (Å²) in [6, 6.07) is 3.73. The van der Waals surface area contributed by atoms with E-state index in [0.717, 1.165) is 4.88 Å².